The standard InChI is InChI=1S/C15H17I/c1-2-3-12-4-6-14-7-5-13(8-9-16)11-15(14)10-12/h4-7,10-11H,2-3,8-9H2,1H3. The lowest BCUT2D eigenvalue weighted by Crippen LogP contribution is -1.87. The van der Waals surface area contributed by atoms with Gasteiger partial charge in [0, 0.05) is 4.43 Å². The molecule has 0 aliphatic carbocycles. The highest BCUT2D eigenvalue weighted by Gasteiger charge is 1.98. The first-order valence-corrected chi connectivity index (χ1v) is 7.43. The summed E-state index contributed by atoms with van der Waals surface area (Å²) in [5, 5.41) is 2.75. The van der Waals surface area contributed by atoms with E-state index in [0.29, 0.717) is 0 Å². The molecular weight excluding hydrogens is 307 g/mol. The molecule has 0 radical (unpaired) electrons. The van der Waals surface area contributed by atoms with Crippen LogP contribution >= 0.6 is 22.6 Å². The van der Waals surface area contributed by atoms with Crippen molar-refractivity contribution in [2.24, 2.45) is 0 Å². The van der Waals surface area contributed by atoms with Gasteiger partial charge < -0.3 is 0 Å². The van der Waals surface area contributed by atoms with Gasteiger partial charge in [0.2, 0.25) is 0 Å². The van der Waals surface area contributed by atoms with Crippen molar-refractivity contribution in [3.05, 3.63) is 47.5 Å². The molecule has 0 fully saturated rings. The van der Waals surface area contributed by atoms with Crippen LogP contribution in [-0.4, -0.2) is 4.43 Å². The first kappa shape index (κ1) is 11.9. The average molecular weight is 324 g/mol. The van der Waals surface area contributed by atoms with E-state index < -0.39 is 0 Å². The maximum Gasteiger partial charge on any atom is 0.00358 e. The normalized spacial score (nSPS) is 10.9. The Morgan fingerprint density at radius 3 is 2.06 bits per heavy atom. The van der Waals surface area contributed by atoms with E-state index in [-0.39, 0.29) is 0 Å². The molecule has 84 valence electrons. The maximum atomic E-state index is 2.43. The van der Waals surface area contributed by atoms with Gasteiger partial charge in [-0.05, 0) is 34.7 Å². The zero-order valence-electron chi connectivity index (χ0n) is 9.67. The zero-order valence-corrected chi connectivity index (χ0v) is 11.8. The van der Waals surface area contributed by atoms with Gasteiger partial charge >= 0.3 is 0 Å². The Bertz CT molecular complexity index is 433. The summed E-state index contributed by atoms with van der Waals surface area (Å²) in [6, 6.07) is 13.7. The van der Waals surface area contributed by atoms with Gasteiger partial charge in [-0.15, -0.1) is 0 Å². The molecule has 16 heavy (non-hydrogen) atoms. The van der Waals surface area contributed by atoms with Crippen LogP contribution in [0.2, 0.25) is 0 Å². The van der Waals surface area contributed by atoms with E-state index in [9.17, 15) is 0 Å². The summed E-state index contributed by atoms with van der Waals surface area (Å²) in [5.74, 6) is 0. The first-order chi connectivity index (χ1) is 7.83. The number of hydrogen-bond donors (Lipinski definition) is 0. The molecule has 1 heteroatoms. The second kappa shape index (κ2) is 5.67. The van der Waals surface area contributed by atoms with Crippen molar-refractivity contribution in [2.75, 3.05) is 4.43 Å². The summed E-state index contributed by atoms with van der Waals surface area (Å²) >= 11 is 2.43. The highest BCUT2D eigenvalue weighted by atomic mass is 127. The summed E-state index contributed by atoms with van der Waals surface area (Å²) in [4.78, 5) is 0. The number of aryl methyl sites for hydroxylation is 2. The lowest BCUT2D eigenvalue weighted by Gasteiger charge is -2.05. The minimum atomic E-state index is 1.18. The largest absolute Gasteiger partial charge is 0.0860 e. The van der Waals surface area contributed by atoms with Crippen LogP contribution in [0, 0.1) is 0 Å². The zero-order chi connectivity index (χ0) is 11.4. The summed E-state index contributed by atoms with van der Waals surface area (Å²) in [5.41, 5.74) is 2.91. The molecule has 0 saturated carbocycles. The predicted octanol–water partition coefficient (Wildman–Crippen LogP) is 4.77. The van der Waals surface area contributed by atoms with Crippen LogP contribution < -0.4 is 0 Å². The van der Waals surface area contributed by atoms with Crippen LogP contribution in [0.4, 0.5) is 0 Å². The Morgan fingerprint density at radius 1 is 0.875 bits per heavy atom. The molecule has 0 aromatic heterocycles. The molecule has 0 saturated heterocycles. The number of fused-ring (bicyclic) bond motifs is 1. The smallest absolute Gasteiger partial charge is 0.00358 e. The highest BCUT2D eigenvalue weighted by Crippen LogP contribution is 2.19. The molecule has 0 amide bonds. The molecule has 0 aliphatic rings. The SMILES string of the molecule is CCCc1ccc2ccc(CCI)cc2c1. The van der Waals surface area contributed by atoms with E-state index in [4.69, 9.17) is 0 Å². The fourth-order valence-electron chi connectivity index (χ4n) is 2.05. The lowest BCUT2D eigenvalue weighted by atomic mass is 10.0. The van der Waals surface area contributed by atoms with Crippen LogP contribution in [0.5, 0.6) is 0 Å². The van der Waals surface area contributed by atoms with E-state index >= 15 is 0 Å². The third kappa shape index (κ3) is 2.76. The van der Waals surface area contributed by atoms with Gasteiger partial charge in [-0.3, -0.25) is 0 Å². The predicted molar refractivity (Wildman–Crippen MR) is 80.5 cm³/mol. The molecule has 0 N–H and O–H groups in total. The van der Waals surface area contributed by atoms with E-state index in [1.165, 1.54) is 45.6 Å². The maximum absolute atomic E-state index is 2.43. The fourth-order valence-corrected chi connectivity index (χ4v) is 2.68. The van der Waals surface area contributed by atoms with E-state index in [1.807, 2.05) is 0 Å². The Hall–Kier alpha value is -0.570. The lowest BCUT2D eigenvalue weighted by molar-refractivity contribution is 0.923. The minimum Gasteiger partial charge on any atom is -0.0860 e. The Labute approximate surface area is 111 Å². The number of alkyl halides is 1. The third-order valence-corrected chi connectivity index (χ3v) is 3.43. The summed E-state index contributed by atoms with van der Waals surface area (Å²) < 4.78 is 1.19. The van der Waals surface area contributed by atoms with Crippen LogP contribution in [0.25, 0.3) is 10.8 Å². The average Bonchev–Trinajstić information content (AvgIpc) is 2.29. The van der Waals surface area contributed by atoms with Crippen LogP contribution in [0.15, 0.2) is 36.4 Å². The van der Waals surface area contributed by atoms with Gasteiger partial charge in [0.25, 0.3) is 0 Å². The second-order valence-electron chi connectivity index (χ2n) is 4.20. The van der Waals surface area contributed by atoms with Crippen LogP contribution in [-0.2, 0) is 12.8 Å². The highest BCUT2D eigenvalue weighted by molar-refractivity contribution is 14.1. The summed E-state index contributed by atoms with van der Waals surface area (Å²) in [6.45, 7) is 2.23. The quantitative estimate of drug-likeness (QED) is 0.561. The van der Waals surface area contributed by atoms with Crippen molar-refractivity contribution in [2.45, 2.75) is 26.2 Å². The van der Waals surface area contributed by atoms with Crippen molar-refractivity contribution in [3.8, 4) is 0 Å². The Morgan fingerprint density at radius 2 is 1.50 bits per heavy atom. The van der Waals surface area contributed by atoms with Gasteiger partial charge in [0.15, 0.2) is 0 Å². The minimum absolute atomic E-state index is 1.18. The molecule has 0 nitrogen and oxygen atoms in total. The molecule has 0 bridgehead atoms. The molecule has 0 atom stereocenters. The van der Waals surface area contributed by atoms with Gasteiger partial charge in [-0.2, -0.15) is 0 Å². The summed E-state index contributed by atoms with van der Waals surface area (Å²) in [6.07, 6.45) is 3.58. The Balaban J connectivity index is 2.39. The number of benzene rings is 2. The molecular formula is C15H17I. The topological polar surface area (TPSA) is 0 Å². The third-order valence-electron chi connectivity index (χ3n) is 2.89. The molecule has 2 aromatic rings. The number of rotatable bonds is 4. The fraction of sp³-hybridized carbons (Fsp3) is 0.333. The monoisotopic (exact) mass is 324 g/mol. The van der Waals surface area contributed by atoms with Gasteiger partial charge in [-0.1, -0.05) is 72.3 Å². The molecule has 2 rings (SSSR count). The van der Waals surface area contributed by atoms with E-state index in [0.717, 1.165) is 0 Å². The van der Waals surface area contributed by atoms with E-state index in [1.54, 1.807) is 0 Å². The van der Waals surface area contributed by atoms with Crippen LogP contribution in [0.3, 0.4) is 0 Å². The van der Waals surface area contributed by atoms with Gasteiger partial charge in [-0.25, -0.2) is 0 Å². The van der Waals surface area contributed by atoms with Gasteiger partial charge in [0.1, 0.15) is 0 Å². The Kier molecular flexibility index (Phi) is 4.22. The van der Waals surface area contributed by atoms with Crippen molar-refractivity contribution >= 4 is 33.4 Å². The van der Waals surface area contributed by atoms with Crippen molar-refractivity contribution in [1.29, 1.82) is 0 Å². The molecule has 2 aromatic carbocycles. The van der Waals surface area contributed by atoms with Crippen molar-refractivity contribution < 1.29 is 0 Å². The van der Waals surface area contributed by atoms with Crippen LogP contribution in [0.1, 0.15) is 24.5 Å². The molecule has 0 heterocycles. The molecule has 0 spiro atoms. The van der Waals surface area contributed by atoms with Crippen molar-refractivity contribution in [1.82, 2.24) is 0 Å². The number of hydrogen-bond acceptors (Lipinski definition) is 0. The summed E-state index contributed by atoms with van der Waals surface area (Å²) in [7, 11) is 0. The van der Waals surface area contributed by atoms with Gasteiger partial charge in [0.05, 0.1) is 0 Å². The molecule has 0 aliphatic heterocycles. The van der Waals surface area contributed by atoms with E-state index in [2.05, 4.69) is 65.9 Å². The van der Waals surface area contributed by atoms with Crippen molar-refractivity contribution in [3.63, 3.8) is 0 Å². The second-order valence-corrected chi connectivity index (χ2v) is 5.28. The number of halogens is 1. The molecule has 0 unspecified atom stereocenters. The first-order valence-electron chi connectivity index (χ1n) is 5.91.